The Labute approximate surface area is 126 Å². The van der Waals surface area contributed by atoms with Crippen molar-refractivity contribution in [3.63, 3.8) is 0 Å². The normalized spacial score (nSPS) is 12.8. The zero-order valence-electron chi connectivity index (χ0n) is 11.2. The van der Waals surface area contributed by atoms with Crippen LogP contribution in [0.4, 0.5) is 0 Å². The number of hydrogen-bond donors (Lipinski definition) is 1. The van der Waals surface area contributed by atoms with Gasteiger partial charge >= 0.3 is 0 Å². The van der Waals surface area contributed by atoms with Gasteiger partial charge in [-0.05, 0) is 40.8 Å². The van der Waals surface area contributed by atoms with E-state index in [2.05, 4.69) is 33.5 Å². The highest BCUT2D eigenvalue weighted by atomic mass is 32.1. The molecule has 4 rings (SSSR count). The minimum Gasteiger partial charge on any atom is -0.320 e. The summed E-state index contributed by atoms with van der Waals surface area (Å²) in [4.78, 5) is 8.87. The van der Waals surface area contributed by atoms with Crippen molar-refractivity contribution < 1.29 is 0 Å². The third-order valence-electron chi connectivity index (χ3n) is 3.70. The SMILES string of the molecule is NC(c1cnc2ccsc2c1)c1cccc2ncccc12. The largest absolute Gasteiger partial charge is 0.320 e. The van der Waals surface area contributed by atoms with Crippen LogP contribution in [0.25, 0.3) is 21.1 Å². The van der Waals surface area contributed by atoms with Crippen LogP contribution in [0.15, 0.2) is 60.2 Å². The predicted octanol–water partition coefficient (Wildman–Crippen LogP) is 3.89. The molecule has 1 atom stereocenters. The van der Waals surface area contributed by atoms with Crippen LogP contribution in [0.3, 0.4) is 0 Å². The lowest BCUT2D eigenvalue weighted by molar-refractivity contribution is 0.876. The van der Waals surface area contributed by atoms with E-state index in [-0.39, 0.29) is 6.04 Å². The van der Waals surface area contributed by atoms with Crippen LogP contribution in [0.1, 0.15) is 17.2 Å². The Bertz CT molecular complexity index is 924. The molecular weight excluding hydrogens is 278 g/mol. The zero-order valence-corrected chi connectivity index (χ0v) is 12.0. The maximum atomic E-state index is 6.48. The summed E-state index contributed by atoms with van der Waals surface area (Å²) in [6.45, 7) is 0. The topological polar surface area (TPSA) is 51.8 Å². The Balaban J connectivity index is 1.87. The first kappa shape index (κ1) is 12.4. The first-order valence-corrected chi connectivity index (χ1v) is 7.63. The average Bonchev–Trinajstić information content (AvgIpc) is 3.01. The molecule has 1 aromatic carbocycles. The molecule has 21 heavy (non-hydrogen) atoms. The van der Waals surface area contributed by atoms with Crippen LogP contribution in [-0.4, -0.2) is 9.97 Å². The second-order valence-corrected chi connectivity index (χ2v) is 5.92. The number of rotatable bonds is 2. The van der Waals surface area contributed by atoms with E-state index in [4.69, 9.17) is 5.73 Å². The number of hydrogen-bond acceptors (Lipinski definition) is 4. The molecule has 0 saturated heterocycles. The van der Waals surface area contributed by atoms with E-state index in [0.717, 1.165) is 27.5 Å². The summed E-state index contributed by atoms with van der Waals surface area (Å²) >= 11 is 1.69. The van der Waals surface area contributed by atoms with Crippen molar-refractivity contribution in [1.29, 1.82) is 0 Å². The highest BCUT2D eigenvalue weighted by Gasteiger charge is 2.13. The second-order valence-electron chi connectivity index (χ2n) is 4.97. The third-order valence-corrected chi connectivity index (χ3v) is 4.55. The molecule has 1 unspecified atom stereocenters. The number of pyridine rings is 2. The van der Waals surface area contributed by atoms with Crippen LogP contribution in [0, 0.1) is 0 Å². The van der Waals surface area contributed by atoms with Crippen molar-refractivity contribution in [2.45, 2.75) is 6.04 Å². The van der Waals surface area contributed by atoms with Crippen molar-refractivity contribution in [3.8, 4) is 0 Å². The molecule has 0 aliphatic heterocycles. The van der Waals surface area contributed by atoms with Gasteiger partial charge in [-0.15, -0.1) is 11.3 Å². The first-order valence-electron chi connectivity index (χ1n) is 6.75. The Morgan fingerprint density at radius 1 is 1.00 bits per heavy atom. The molecule has 3 heterocycles. The highest BCUT2D eigenvalue weighted by Crippen LogP contribution is 2.28. The molecule has 0 amide bonds. The molecule has 3 aromatic heterocycles. The highest BCUT2D eigenvalue weighted by molar-refractivity contribution is 7.17. The first-order chi connectivity index (χ1) is 10.3. The van der Waals surface area contributed by atoms with Crippen LogP contribution in [0.5, 0.6) is 0 Å². The molecule has 0 aliphatic carbocycles. The molecule has 0 bridgehead atoms. The number of fused-ring (bicyclic) bond motifs is 2. The van der Waals surface area contributed by atoms with Gasteiger partial charge in [0.2, 0.25) is 0 Å². The molecule has 0 spiro atoms. The molecule has 0 aliphatic rings. The lowest BCUT2D eigenvalue weighted by atomic mass is 9.97. The van der Waals surface area contributed by atoms with Crippen molar-refractivity contribution in [2.75, 3.05) is 0 Å². The minimum atomic E-state index is -0.197. The number of benzene rings is 1. The van der Waals surface area contributed by atoms with E-state index in [1.807, 2.05) is 30.5 Å². The number of nitrogens with two attached hydrogens (primary N) is 1. The van der Waals surface area contributed by atoms with Crippen LogP contribution < -0.4 is 5.73 Å². The Kier molecular flexibility index (Phi) is 2.91. The number of aromatic nitrogens is 2. The zero-order chi connectivity index (χ0) is 14.2. The van der Waals surface area contributed by atoms with Gasteiger partial charge in [0, 0.05) is 17.8 Å². The Morgan fingerprint density at radius 2 is 1.95 bits per heavy atom. The fraction of sp³-hybridized carbons (Fsp3) is 0.0588. The molecule has 2 N–H and O–H groups in total. The van der Waals surface area contributed by atoms with Gasteiger partial charge < -0.3 is 5.73 Å². The van der Waals surface area contributed by atoms with Crippen LogP contribution >= 0.6 is 11.3 Å². The van der Waals surface area contributed by atoms with E-state index < -0.39 is 0 Å². The van der Waals surface area contributed by atoms with Gasteiger partial charge in [0.25, 0.3) is 0 Å². The summed E-state index contributed by atoms with van der Waals surface area (Å²) in [6, 6.07) is 14.0. The van der Waals surface area contributed by atoms with Gasteiger partial charge in [-0.2, -0.15) is 0 Å². The minimum absolute atomic E-state index is 0.197. The van der Waals surface area contributed by atoms with Gasteiger partial charge in [-0.25, -0.2) is 0 Å². The molecule has 0 saturated carbocycles. The lowest BCUT2D eigenvalue weighted by Crippen LogP contribution is -2.12. The molecular formula is C17H13N3S. The lowest BCUT2D eigenvalue weighted by Gasteiger charge is -2.14. The van der Waals surface area contributed by atoms with Crippen molar-refractivity contribution in [3.05, 3.63) is 71.4 Å². The molecule has 4 heteroatoms. The molecule has 4 aromatic rings. The van der Waals surface area contributed by atoms with E-state index >= 15 is 0 Å². The fourth-order valence-corrected chi connectivity index (χ4v) is 3.40. The molecule has 0 radical (unpaired) electrons. The summed E-state index contributed by atoms with van der Waals surface area (Å²) in [6.07, 6.45) is 3.67. The second kappa shape index (κ2) is 4.91. The quantitative estimate of drug-likeness (QED) is 0.609. The van der Waals surface area contributed by atoms with Crippen molar-refractivity contribution in [1.82, 2.24) is 9.97 Å². The standard InChI is InChI=1S/C17H13N3S/c18-17(11-9-16-15(20-10-11)6-8-21-16)13-3-1-5-14-12(13)4-2-7-19-14/h1-10,17H,18H2. The maximum absolute atomic E-state index is 6.48. The van der Waals surface area contributed by atoms with Crippen molar-refractivity contribution in [2.24, 2.45) is 5.73 Å². The van der Waals surface area contributed by atoms with Gasteiger partial charge in [0.1, 0.15) is 0 Å². The average molecular weight is 291 g/mol. The van der Waals surface area contributed by atoms with Gasteiger partial charge in [-0.1, -0.05) is 18.2 Å². The molecule has 3 nitrogen and oxygen atoms in total. The summed E-state index contributed by atoms with van der Waals surface area (Å²) in [5.41, 5.74) is 10.6. The van der Waals surface area contributed by atoms with E-state index in [9.17, 15) is 0 Å². The molecule has 0 fully saturated rings. The predicted molar refractivity (Wildman–Crippen MR) is 87.4 cm³/mol. The van der Waals surface area contributed by atoms with E-state index in [1.165, 1.54) is 4.70 Å². The number of nitrogens with zero attached hydrogens (tertiary/aromatic N) is 2. The van der Waals surface area contributed by atoms with Gasteiger partial charge in [0.15, 0.2) is 0 Å². The van der Waals surface area contributed by atoms with Gasteiger partial charge in [0.05, 0.1) is 21.8 Å². The van der Waals surface area contributed by atoms with Gasteiger partial charge in [-0.3, -0.25) is 9.97 Å². The summed E-state index contributed by atoms with van der Waals surface area (Å²) < 4.78 is 1.17. The third kappa shape index (κ3) is 2.09. The monoisotopic (exact) mass is 291 g/mol. The summed E-state index contributed by atoms with van der Waals surface area (Å²) in [7, 11) is 0. The maximum Gasteiger partial charge on any atom is 0.0809 e. The molecule has 102 valence electrons. The smallest absolute Gasteiger partial charge is 0.0809 e. The van der Waals surface area contributed by atoms with Crippen molar-refractivity contribution >= 4 is 32.5 Å². The van der Waals surface area contributed by atoms with Crippen LogP contribution in [-0.2, 0) is 0 Å². The Hall–Kier alpha value is -2.30. The van der Waals surface area contributed by atoms with E-state index in [0.29, 0.717) is 0 Å². The number of thiophene rings is 1. The van der Waals surface area contributed by atoms with E-state index in [1.54, 1.807) is 17.5 Å². The van der Waals surface area contributed by atoms with Crippen LogP contribution in [0.2, 0.25) is 0 Å². The fourth-order valence-electron chi connectivity index (χ4n) is 2.61. The summed E-state index contributed by atoms with van der Waals surface area (Å²) in [5, 5.41) is 3.15. The Morgan fingerprint density at radius 3 is 2.90 bits per heavy atom. The summed E-state index contributed by atoms with van der Waals surface area (Å²) in [5.74, 6) is 0.